The molecule has 0 radical (unpaired) electrons. The Kier molecular flexibility index (Phi) is 7.37. The lowest BCUT2D eigenvalue weighted by molar-refractivity contribution is 0.573. The molecule has 7 heteroatoms. The smallest absolute Gasteiger partial charge is 0.308 e. The summed E-state index contributed by atoms with van der Waals surface area (Å²) in [5.41, 5.74) is 17.8. The lowest BCUT2D eigenvalue weighted by atomic mass is 9.29. The van der Waals surface area contributed by atoms with Crippen molar-refractivity contribution in [2.75, 3.05) is 0 Å². The summed E-state index contributed by atoms with van der Waals surface area (Å²) in [6.45, 7) is 13.9. The quantitative estimate of drug-likeness (QED) is 0.129. The first kappa shape index (κ1) is 37.8. The molecule has 0 spiro atoms. The van der Waals surface area contributed by atoms with Gasteiger partial charge >= 0.3 is 5.69 Å². The topological polar surface area (TPSA) is 35.8 Å². The first-order valence-corrected chi connectivity index (χ1v) is 23.4. The number of benzene rings is 8. The number of aromatic nitrogens is 4. The predicted octanol–water partition coefficient (Wildman–Crippen LogP) is 9.15. The maximum absolute atomic E-state index is 16.8. The van der Waals surface area contributed by atoms with Crippen molar-refractivity contribution in [3.8, 4) is 11.4 Å². The Morgan fingerprint density at radius 3 is 1.45 bits per heavy atom. The molecule has 0 saturated heterocycles. The normalized spacial score (nSPS) is 13.6. The van der Waals surface area contributed by atoms with Crippen molar-refractivity contribution >= 4 is 112 Å². The minimum Gasteiger partial charge on any atom is -0.308 e. The predicted molar refractivity (Wildman–Crippen MR) is 280 cm³/mol. The fraction of sp³-hybridized carbons (Fsp3) is 0.136. The molecule has 0 fully saturated rings. The van der Waals surface area contributed by atoms with E-state index in [-0.39, 0.29) is 29.9 Å². The van der Waals surface area contributed by atoms with Crippen LogP contribution in [-0.2, 0) is 10.8 Å². The fourth-order valence-electron chi connectivity index (χ4n) is 12.6. The van der Waals surface area contributed by atoms with Crippen molar-refractivity contribution in [2.24, 2.45) is 0 Å². The third kappa shape index (κ3) is 4.65. The molecular formula is C59H46B2N4O. The SMILES string of the molecule is CC(C)(C)c1cc(C(C)(C)C)c2c3c1B(c1ccccc1)c1c4c5ccccc5c5ccccc5c4n4c(=O)n5c6c7ccccc7n(-c7ccccc7)c6c(c5n-3c14)B2c1ccccc1. The summed E-state index contributed by atoms with van der Waals surface area (Å²) in [6.07, 6.45) is 0. The second kappa shape index (κ2) is 12.9. The van der Waals surface area contributed by atoms with E-state index >= 15 is 4.79 Å². The van der Waals surface area contributed by atoms with Gasteiger partial charge in [0.1, 0.15) is 11.3 Å². The molecule has 0 atom stereocenters. The zero-order valence-corrected chi connectivity index (χ0v) is 38.0. The summed E-state index contributed by atoms with van der Waals surface area (Å²) < 4.78 is 9.29. The first-order valence-electron chi connectivity index (χ1n) is 23.4. The van der Waals surface area contributed by atoms with Crippen LogP contribution >= 0.6 is 0 Å². The van der Waals surface area contributed by atoms with Gasteiger partial charge in [-0.15, -0.1) is 0 Å². The number of para-hydroxylation sites is 2. The van der Waals surface area contributed by atoms with Gasteiger partial charge in [-0.3, -0.25) is 4.57 Å². The lowest BCUT2D eigenvalue weighted by Gasteiger charge is -2.41. The highest BCUT2D eigenvalue weighted by atomic mass is 16.1. The van der Waals surface area contributed by atoms with E-state index in [1.807, 2.05) is 0 Å². The molecule has 0 bridgehead atoms. The Labute approximate surface area is 383 Å². The fourth-order valence-corrected chi connectivity index (χ4v) is 12.6. The van der Waals surface area contributed by atoms with Crippen LogP contribution in [-0.4, -0.2) is 31.4 Å². The number of hydrogen-bond donors (Lipinski definition) is 0. The van der Waals surface area contributed by atoms with E-state index in [2.05, 4.69) is 229 Å². The van der Waals surface area contributed by atoms with Crippen molar-refractivity contribution in [3.63, 3.8) is 0 Å². The average Bonchev–Trinajstić information content (AvgIpc) is 3.98. The highest BCUT2D eigenvalue weighted by molar-refractivity contribution is 7.03. The van der Waals surface area contributed by atoms with Crippen LogP contribution in [0.4, 0.5) is 0 Å². The maximum atomic E-state index is 16.8. The van der Waals surface area contributed by atoms with Crippen LogP contribution in [0, 0.1) is 0 Å². The maximum Gasteiger partial charge on any atom is 0.340 e. The monoisotopic (exact) mass is 848 g/mol. The minimum absolute atomic E-state index is 0.0475. The Morgan fingerprint density at radius 2 is 0.864 bits per heavy atom. The van der Waals surface area contributed by atoms with E-state index in [0.717, 1.165) is 66.1 Å². The lowest BCUT2D eigenvalue weighted by Crippen LogP contribution is -2.66. The summed E-state index contributed by atoms with van der Waals surface area (Å²) in [6, 6.07) is 61.9. The second-order valence-electron chi connectivity index (χ2n) is 20.8. The molecule has 6 heterocycles. The van der Waals surface area contributed by atoms with Gasteiger partial charge < -0.3 is 4.57 Å². The highest BCUT2D eigenvalue weighted by Gasteiger charge is 2.49. The van der Waals surface area contributed by atoms with Crippen molar-refractivity contribution in [1.82, 2.24) is 17.9 Å². The zero-order chi connectivity index (χ0) is 44.5. The van der Waals surface area contributed by atoms with E-state index in [0.29, 0.717) is 0 Å². The van der Waals surface area contributed by atoms with Gasteiger partial charge in [-0.25, -0.2) is 13.6 Å². The van der Waals surface area contributed by atoms with Crippen LogP contribution in [0.1, 0.15) is 52.7 Å². The Balaban J connectivity index is 1.39. The van der Waals surface area contributed by atoms with Crippen LogP contribution in [0.2, 0.25) is 0 Å². The van der Waals surface area contributed by atoms with Gasteiger partial charge in [0.15, 0.2) is 0 Å². The molecule has 5 nitrogen and oxygen atoms in total. The number of rotatable bonds is 3. The van der Waals surface area contributed by atoms with Crippen molar-refractivity contribution in [2.45, 2.75) is 52.4 Å². The molecule has 8 aromatic carbocycles. The third-order valence-electron chi connectivity index (χ3n) is 15.1. The molecule has 0 N–H and O–H groups in total. The average molecular weight is 849 g/mol. The molecule has 14 rings (SSSR count). The van der Waals surface area contributed by atoms with Gasteiger partial charge in [0.05, 0.1) is 22.1 Å². The van der Waals surface area contributed by atoms with Gasteiger partial charge in [-0.05, 0) is 78.2 Å². The van der Waals surface area contributed by atoms with Gasteiger partial charge in [-0.1, -0.05) is 204 Å². The van der Waals surface area contributed by atoms with E-state index < -0.39 is 0 Å². The van der Waals surface area contributed by atoms with E-state index in [1.165, 1.54) is 54.9 Å². The van der Waals surface area contributed by atoms with Gasteiger partial charge in [0.2, 0.25) is 6.71 Å². The molecule has 0 saturated carbocycles. The van der Waals surface area contributed by atoms with Crippen LogP contribution < -0.4 is 38.5 Å². The van der Waals surface area contributed by atoms with Crippen molar-refractivity contribution in [3.05, 3.63) is 191 Å². The third-order valence-corrected chi connectivity index (χ3v) is 15.1. The molecule has 0 unspecified atom stereocenters. The Bertz CT molecular complexity index is 4140. The standard InChI is InChI=1S/C59H46B2N4O/c1-58(2,3)43-34-44(59(4,5)6)48-53-47(43)60(35-22-10-7-11-23-35)49-46-40-30-18-16-28-38(40)39-29-17-19-31-41(39)51(46)64-55(49)63(53)56-50(61(48)36-24-12-8-13-25-36)54-52(65(56)57(64)66)42-32-20-21-33-45(42)62(54)37-26-14-9-15-27-37/h7-34H,1-6H3. The number of hydrogen-bond acceptors (Lipinski definition) is 1. The largest absolute Gasteiger partial charge is 0.340 e. The Morgan fingerprint density at radius 1 is 0.409 bits per heavy atom. The van der Waals surface area contributed by atoms with E-state index in [9.17, 15) is 0 Å². The molecule has 2 aliphatic heterocycles. The molecule has 0 amide bonds. The highest BCUT2D eigenvalue weighted by Crippen LogP contribution is 2.42. The molecule has 0 aliphatic carbocycles. The molecule has 2 aliphatic rings. The summed E-state index contributed by atoms with van der Waals surface area (Å²) in [5, 5.41) is 6.78. The number of nitrogens with zero attached hydrogens (tertiary/aromatic N) is 4. The minimum atomic E-state index is -0.240. The van der Waals surface area contributed by atoms with Crippen LogP contribution in [0.3, 0.4) is 0 Å². The van der Waals surface area contributed by atoms with Crippen LogP contribution in [0.5, 0.6) is 0 Å². The number of fused-ring (bicyclic) bond motifs is 13. The van der Waals surface area contributed by atoms with Gasteiger partial charge in [0, 0.05) is 27.5 Å². The van der Waals surface area contributed by atoms with Gasteiger partial charge in [-0.2, -0.15) is 0 Å². The summed E-state index contributed by atoms with van der Waals surface area (Å²) in [4.78, 5) is 16.8. The van der Waals surface area contributed by atoms with Crippen LogP contribution in [0.15, 0.2) is 175 Å². The van der Waals surface area contributed by atoms with Gasteiger partial charge in [0.25, 0.3) is 6.71 Å². The first-order chi connectivity index (χ1) is 32.0. The van der Waals surface area contributed by atoms with E-state index in [4.69, 9.17) is 0 Å². The molecule has 314 valence electrons. The summed E-state index contributed by atoms with van der Waals surface area (Å²) >= 11 is 0. The summed E-state index contributed by atoms with van der Waals surface area (Å²) in [7, 11) is 0. The van der Waals surface area contributed by atoms with Crippen molar-refractivity contribution in [1.29, 1.82) is 0 Å². The molecule has 4 aromatic heterocycles. The Hall–Kier alpha value is -7.50. The second-order valence-corrected chi connectivity index (χ2v) is 20.8. The zero-order valence-electron chi connectivity index (χ0n) is 38.0. The van der Waals surface area contributed by atoms with Crippen molar-refractivity contribution < 1.29 is 0 Å². The molecule has 66 heavy (non-hydrogen) atoms. The summed E-state index contributed by atoms with van der Waals surface area (Å²) in [5.74, 6) is 0. The molecule has 12 aromatic rings. The van der Waals surface area contributed by atoms with E-state index in [1.54, 1.807) is 0 Å². The molecular weight excluding hydrogens is 802 g/mol. The van der Waals surface area contributed by atoms with Crippen LogP contribution in [0.25, 0.3) is 77.1 Å².